The molecule has 4 aliphatic rings. The molecule has 0 N–H and O–H groups in total. The van der Waals surface area contributed by atoms with Crippen LogP contribution in [0.4, 0.5) is 0 Å². The highest BCUT2D eigenvalue weighted by molar-refractivity contribution is 6.12. The van der Waals surface area contributed by atoms with Gasteiger partial charge >= 0.3 is 0 Å². The Hall–Kier alpha value is -4.50. The highest BCUT2D eigenvalue weighted by Crippen LogP contribution is 2.71. The van der Waals surface area contributed by atoms with E-state index in [4.69, 9.17) is 4.42 Å². The van der Waals surface area contributed by atoms with Gasteiger partial charge in [-0.05, 0) is 60.1 Å². The summed E-state index contributed by atoms with van der Waals surface area (Å²) < 4.78 is 12.2. The molecule has 1 saturated carbocycles. The molecule has 0 radical (unpaired) electrons. The smallest absolute Gasteiger partial charge is 0.269 e. The van der Waals surface area contributed by atoms with Crippen molar-refractivity contribution in [1.82, 2.24) is 0 Å². The number of aromatic nitrogens is 2. The number of benzene rings is 3. The molecule has 3 heteroatoms. The van der Waals surface area contributed by atoms with Gasteiger partial charge in [0.2, 0.25) is 17.4 Å². The fraction of sp³-hybridized carbons (Fsp3) is 0.250. The summed E-state index contributed by atoms with van der Waals surface area (Å²) in [5.74, 6) is 0.343. The largest absolute Gasteiger partial charge is 0.455 e. The number of nitrogens with zero attached hydrogens (tertiary/aromatic N) is 2. The van der Waals surface area contributed by atoms with Crippen LogP contribution in [0.25, 0.3) is 50.5 Å². The highest BCUT2D eigenvalue weighted by Gasteiger charge is 2.86. The molecular formula is C40H34N2O+2. The van der Waals surface area contributed by atoms with Gasteiger partial charge < -0.3 is 4.42 Å². The number of allylic oxidation sites excluding steroid dienone is 1. The molecule has 6 aromatic rings. The van der Waals surface area contributed by atoms with Gasteiger partial charge in [0.1, 0.15) is 17.1 Å². The normalized spacial score (nSPS) is 22.0. The Morgan fingerprint density at radius 3 is 2.60 bits per heavy atom. The second kappa shape index (κ2) is 7.71. The van der Waals surface area contributed by atoms with E-state index in [1.807, 2.05) is 0 Å². The Bertz CT molecular complexity index is 2210. The summed E-state index contributed by atoms with van der Waals surface area (Å²) in [5, 5.41) is 2.44. The molecule has 10 rings (SSSR count). The number of fused-ring (bicyclic) bond motifs is 19. The molecule has 3 aromatic carbocycles. The average Bonchev–Trinajstić information content (AvgIpc) is 3.25. The number of rotatable bonds is 1. The lowest BCUT2D eigenvalue weighted by Gasteiger charge is -2.19. The van der Waals surface area contributed by atoms with Crippen molar-refractivity contribution in [3.05, 3.63) is 125 Å². The zero-order valence-electron chi connectivity index (χ0n) is 25.1. The van der Waals surface area contributed by atoms with Gasteiger partial charge in [-0.1, -0.05) is 69.3 Å². The molecule has 3 unspecified atom stereocenters. The third-order valence-corrected chi connectivity index (χ3v) is 10.7. The lowest BCUT2D eigenvalue weighted by Crippen LogP contribution is -2.51. The van der Waals surface area contributed by atoms with Crippen LogP contribution in [0.5, 0.6) is 0 Å². The molecule has 3 aromatic heterocycles. The van der Waals surface area contributed by atoms with E-state index in [9.17, 15) is 0 Å². The van der Waals surface area contributed by atoms with Crippen LogP contribution in [-0.2, 0) is 18.4 Å². The molecule has 208 valence electrons. The zero-order chi connectivity index (χ0) is 28.8. The summed E-state index contributed by atoms with van der Waals surface area (Å²) in [6, 6.07) is 27.9. The Balaban J connectivity index is 1.33. The van der Waals surface area contributed by atoms with Crippen molar-refractivity contribution in [3.8, 4) is 22.5 Å². The lowest BCUT2D eigenvalue weighted by molar-refractivity contribution is -0.772. The molecule has 1 spiro atoms. The van der Waals surface area contributed by atoms with Gasteiger partial charge in [-0.25, -0.2) is 0 Å². The Labute approximate surface area is 251 Å². The van der Waals surface area contributed by atoms with Crippen molar-refractivity contribution in [2.75, 3.05) is 0 Å². The van der Waals surface area contributed by atoms with Gasteiger partial charge in [0.05, 0.1) is 11.1 Å². The molecule has 3 nitrogen and oxygen atoms in total. The van der Waals surface area contributed by atoms with Crippen molar-refractivity contribution >= 4 is 28.0 Å². The second-order valence-corrected chi connectivity index (χ2v) is 14.4. The highest BCUT2D eigenvalue weighted by atomic mass is 16.3. The SMILES string of the molecule is Cc1c[n+]2c(cc1CC(C)(C)C)-c1c(ccc3c1oc1c4c(ccc13)CC=C4)C21C2c3ccccc3-c3cccc[n+]3C21. The fourth-order valence-corrected chi connectivity index (χ4v) is 8.99. The van der Waals surface area contributed by atoms with Crippen LogP contribution in [0.15, 0.2) is 95.7 Å². The van der Waals surface area contributed by atoms with Gasteiger partial charge in [0, 0.05) is 45.7 Å². The molecule has 43 heavy (non-hydrogen) atoms. The minimum atomic E-state index is -0.210. The minimum absolute atomic E-state index is 0.197. The van der Waals surface area contributed by atoms with Crippen LogP contribution in [0.3, 0.4) is 0 Å². The van der Waals surface area contributed by atoms with Gasteiger partial charge in [0.15, 0.2) is 12.4 Å². The number of hydrogen-bond acceptors (Lipinski definition) is 1. The summed E-state index contributed by atoms with van der Waals surface area (Å²) in [4.78, 5) is 0. The van der Waals surface area contributed by atoms with Crippen LogP contribution < -0.4 is 9.13 Å². The molecule has 3 atom stereocenters. The van der Waals surface area contributed by atoms with Crippen molar-refractivity contribution < 1.29 is 13.6 Å². The quantitative estimate of drug-likeness (QED) is 0.186. The molecule has 0 saturated heterocycles. The molecule has 1 fully saturated rings. The van der Waals surface area contributed by atoms with Crippen LogP contribution >= 0.6 is 0 Å². The summed E-state index contributed by atoms with van der Waals surface area (Å²) in [6.45, 7) is 9.33. The predicted molar refractivity (Wildman–Crippen MR) is 171 cm³/mol. The van der Waals surface area contributed by atoms with Gasteiger partial charge in [-0.3, -0.25) is 0 Å². The molecular weight excluding hydrogens is 524 g/mol. The molecule has 0 amide bonds. The number of furan rings is 1. The Morgan fingerprint density at radius 1 is 0.907 bits per heavy atom. The summed E-state index contributed by atoms with van der Waals surface area (Å²) in [6.07, 6.45) is 11.3. The van der Waals surface area contributed by atoms with E-state index in [0.717, 1.165) is 24.0 Å². The Morgan fingerprint density at radius 2 is 1.72 bits per heavy atom. The van der Waals surface area contributed by atoms with E-state index < -0.39 is 0 Å². The Kier molecular flexibility index (Phi) is 4.30. The predicted octanol–water partition coefficient (Wildman–Crippen LogP) is 8.37. The van der Waals surface area contributed by atoms with Crippen LogP contribution in [0, 0.1) is 12.3 Å². The average molecular weight is 559 g/mol. The number of hydrogen-bond donors (Lipinski definition) is 0. The van der Waals surface area contributed by atoms with Crippen LogP contribution in [0.1, 0.15) is 66.1 Å². The first-order valence-electron chi connectivity index (χ1n) is 15.7. The van der Waals surface area contributed by atoms with Gasteiger partial charge in [-0.15, -0.1) is 0 Å². The van der Waals surface area contributed by atoms with E-state index >= 15 is 0 Å². The topological polar surface area (TPSA) is 20.9 Å². The maximum Gasteiger partial charge on any atom is 0.269 e. The number of pyridine rings is 2. The van der Waals surface area contributed by atoms with E-state index in [1.54, 1.807) is 0 Å². The molecule has 2 aliphatic carbocycles. The van der Waals surface area contributed by atoms with Crippen LogP contribution in [0.2, 0.25) is 0 Å². The first kappa shape index (κ1) is 24.0. The summed E-state index contributed by atoms with van der Waals surface area (Å²) in [7, 11) is 0. The van der Waals surface area contributed by atoms with E-state index in [2.05, 4.69) is 134 Å². The van der Waals surface area contributed by atoms with E-state index in [1.165, 1.54) is 66.7 Å². The maximum absolute atomic E-state index is 7.01. The number of aryl methyl sites for hydroxylation is 1. The fourth-order valence-electron chi connectivity index (χ4n) is 8.99. The van der Waals surface area contributed by atoms with E-state index in [0.29, 0.717) is 12.0 Å². The summed E-state index contributed by atoms with van der Waals surface area (Å²) in [5.41, 5.74) is 15.5. The maximum atomic E-state index is 7.01. The third-order valence-electron chi connectivity index (χ3n) is 10.7. The van der Waals surface area contributed by atoms with Crippen molar-refractivity contribution in [1.29, 1.82) is 0 Å². The van der Waals surface area contributed by atoms with Gasteiger partial charge in [0.25, 0.3) is 5.54 Å². The van der Waals surface area contributed by atoms with Crippen molar-refractivity contribution in [2.24, 2.45) is 5.41 Å². The van der Waals surface area contributed by atoms with Crippen molar-refractivity contribution in [3.63, 3.8) is 0 Å². The minimum Gasteiger partial charge on any atom is -0.455 e. The zero-order valence-corrected chi connectivity index (χ0v) is 25.1. The monoisotopic (exact) mass is 558 g/mol. The first-order valence-corrected chi connectivity index (χ1v) is 15.7. The second-order valence-electron chi connectivity index (χ2n) is 14.4. The third kappa shape index (κ3) is 2.86. The molecule has 5 heterocycles. The van der Waals surface area contributed by atoms with Crippen LogP contribution in [-0.4, -0.2) is 0 Å². The first-order chi connectivity index (χ1) is 20.9. The standard InChI is InChI=1S/C40H34N2O/c1-23-22-42-33(20-25(23)21-39(2,3)4)34-31(18-17-30-29-16-15-24-10-9-13-26(24)36(29)43-37(30)34)40(42)35-28-12-6-5-11-27(28)32-14-7-8-19-41(32)38(35)40/h5-9,11-20,22,35,38H,10,21H2,1-4H3/q+2. The molecule has 2 aliphatic heterocycles. The van der Waals surface area contributed by atoms with Crippen molar-refractivity contribution in [2.45, 2.75) is 58.0 Å². The van der Waals surface area contributed by atoms with E-state index in [-0.39, 0.29) is 11.0 Å². The lowest BCUT2D eigenvalue weighted by atomic mass is 9.86. The molecule has 0 bridgehead atoms. The summed E-state index contributed by atoms with van der Waals surface area (Å²) >= 11 is 0. The van der Waals surface area contributed by atoms with Gasteiger partial charge in [-0.2, -0.15) is 9.13 Å².